The average molecular weight is 289 g/mol. The lowest BCUT2D eigenvalue weighted by molar-refractivity contribution is -0.136. The molecule has 0 saturated heterocycles. The first-order valence-electron chi connectivity index (χ1n) is 6.56. The summed E-state index contributed by atoms with van der Waals surface area (Å²) in [6.07, 6.45) is 0.0669. The summed E-state index contributed by atoms with van der Waals surface area (Å²) in [6.45, 7) is 0.919. The average Bonchev–Trinajstić information content (AvgIpc) is 2.43. The molecule has 0 spiro atoms. The molecule has 3 N–H and O–H groups in total. The molecule has 0 bridgehead atoms. The molecule has 0 unspecified atom stereocenters. The largest absolute Gasteiger partial charge is 0.508 e. The van der Waals surface area contributed by atoms with Crippen molar-refractivity contribution in [3.05, 3.63) is 53.8 Å². The Kier molecular flexibility index (Phi) is 4.90. The fourth-order valence-electron chi connectivity index (χ4n) is 2.03. The molecule has 0 aliphatic heterocycles. The Bertz CT molecular complexity index is 623. The number of phenols is 1. The lowest BCUT2D eigenvalue weighted by Gasteiger charge is -2.07. The van der Waals surface area contributed by atoms with Crippen molar-refractivity contribution >= 4 is 5.97 Å². The molecule has 5 heteroatoms. The zero-order valence-electron chi connectivity index (χ0n) is 11.3. The molecule has 4 nitrogen and oxygen atoms in total. The summed E-state index contributed by atoms with van der Waals surface area (Å²) in [7, 11) is 0. The molecular weight excluding hydrogens is 273 g/mol. The summed E-state index contributed by atoms with van der Waals surface area (Å²) in [6, 6.07) is 11.4. The predicted molar refractivity (Wildman–Crippen MR) is 77.5 cm³/mol. The van der Waals surface area contributed by atoms with E-state index in [0.29, 0.717) is 18.7 Å². The number of hydrogen-bond donors (Lipinski definition) is 3. The highest BCUT2D eigenvalue weighted by molar-refractivity contribution is 5.67. The van der Waals surface area contributed by atoms with E-state index in [1.54, 1.807) is 0 Å². The Morgan fingerprint density at radius 2 is 1.95 bits per heavy atom. The van der Waals surface area contributed by atoms with Gasteiger partial charge in [0.1, 0.15) is 11.6 Å². The molecule has 0 aliphatic carbocycles. The third-order valence-electron chi connectivity index (χ3n) is 2.99. The molecule has 0 aliphatic rings. The second-order valence-electron chi connectivity index (χ2n) is 4.72. The van der Waals surface area contributed by atoms with Crippen LogP contribution in [-0.4, -0.2) is 22.7 Å². The van der Waals surface area contributed by atoms with E-state index in [-0.39, 0.29) is 12.2 Å². The Hall–Kier alpha value is -2.40. The van der Waals surface area contributed by atoms with E-state index < -0.39 is 11.8 Å². The number of aliphatic carboxylic acids is 1. The number of hydrogen-bond acceptors (Lipinski definition) is 3. The second-order valence-corrected chi connectivity index (χ2v) is 4.72. The molecule has 21 heavy (non-hydrogen) atoms. The summed E-state index contributed by atoms with van der Waals surface area (Å²) in [5.41, 5.74) is 2.35. The minimum atomic E-state index is -0.841. The molecule has 0 saturated carbocycles. The highest BCUT2D eigenvalue weighted by Gasteiger charge is 2.04. The van der Waals surface area contributed by atoms with E-state index in [1.165, 1.54) is 12.1 Å². The summed E-state index contributed by atoms with van der Waals surface area (Å²) < 4.78 is 13.3. The summed E-state index contributed by atoms with van der Waals surface area (Å²) in [5.74, 6) is -1.45. The molecule has 2 aromatic carbocycles. The zero-order valence-corrected chi connectivity index (χ0v) is 11.3. The third kappa shape index (κ3) is 4.57. The van der Waals surface area contributed by atoms with Crippen LogP contribution in [0.5, 0.6) is 5.75 Å². The van der Waals surface area contributed by atoms with E-state index in [0.717, 1.165) is 17.2 Å². The Labute approximate surface area is 121 Å². The lowest BCUT2D eigenvalue weighted by atomic mass is 10.0. The van der Waals surface area contributed by atoms with Crippen LogP contribution in [0.2, 0.25) is 0 Å². The van der Waals surface area contributed by atoms with Gasteiger partial charge in [-0.1, -0.05) is 18.2 Å². The van der Waals surface area contributed by atoms with Gasteiger partial charge in [-0.25, -0.2) is 4.39 Å². The summed E-state index contributed by atoms with van der Waals surface area (Å²) >= 11 is 0. The van der Waals surface area contributed by atoms with Crippen molar-refractivity contribution in [3.8, 4) is 16.9 Å². The first-order valence-corrected chi connectivity index (χ1v) is 6.56. The van der Waals surface area contributed by atoms with E-state index in [2.05, 4.69) is 5.32 Å². The number of aromatic hydroxyl groups is 1. The van der Waals surface area contributed by atoms with Gasteiger partial charge in [0.2, 0.25) is 0 Å². The topological polar surface area (TPSA) is 69.6 Å². The second kappa shape index (κ2) is 6.85. The van der Waals surface area contributed by atoms with Crippen LogP contribution in [0.4, 0.5) is 4.39 Å². The van der Waals surface area contributed by atoms with Gasteiger partial charge in [0.05, 0.1) is 6.42 Å². The van der Waals surface area contributed by atoms with Gasteiger partial charge in [0, 0.05) is 19.2 Å². The quantitative estimate of drug-likeness (QED) is 0.715. The fourth-order valence-corrected chi connectivity index (χ4v) is 2.03. The van der Waals surface area contributed by atoms with E-state index in [1.807, 2.05) is 24.3 Å². The number of phenolic OH excluding ortho intramolecular Hbond substituents is 1. The van der Waals surface area contributed by atoms with Crippen LogP contribution >= 0.6 is 0 Å². The number of benzene rings is 2. The van der Waals surface area contributed by atoms with Gasteiger partial charge < -0.3 is 15.5 Å². The molecular formula is C16H16FNO3. The fraction of sp³-hybridized carbons (Fsp3) is 0.188. The van der Waals surface area contributed by atoms with Crippen molar-refractivity contribution in [2.75, 3.05) is 6.54 Å². The maximum Gasteiger partial charge on any atom is 0.304 e. The maximum atomic E-state index is 13.3. The number of rotatable bonds is 6. The third-order valence-corrected chi connectivity index (χ3v) is 2.99. The number of carboxylic acids is 1. The highest BCUT2D eigenvalue weighted by atomic mass is 19.1. The van der Waals surface area contributed by atoms with Crippen LogP contribution in [0.3, 0.4) is 0 Å². The van der Waals surface area contributed by atoms with Gasteiger partial charge in [-0.2, -0.15) is 0 Å². The van der Waals surface area contributed by atoms with Gasteiger partial charge in [0.15, 0.2) is 0 Å². The number of halogens is 1. The van der Waals surface area contributed by atoms with Gasteiger partial charge in [0.25, 0.3) is 0 Å². The SMILES string of the molecule is O=C(O)CCNCc1cccc(-c2cc(O)cc(F)c2)c1. The van der Waals surface area contributed by atoms with Crippen molar-refractivity contribution < 1.29 is 19.4 Å². The Morgan fingerprint density at radius 1 is 1.14 bits per heavy atom. The highest BCUT2D eigenvalue weighted by Crippen LogP contribution is 2.25. The molecule has 0 amide bonds. The van der Waals surface area contributed by atoms with Crippen molar-refractivity contribution in [3.63, 3.8) is 0 Å². The van der Waals surface area contributed by atoms with Crippen LogP contribution < -0.4 is 5.32 Å². The van der Waals surface area contributed by atoms with Crippen LogP contribution in [0.25, 0.3) is 11.1 Å². The van der Waals surface area contributed by atoms with Gasteiger partial charge in [-0.3, -0.25) is 4.79 Å². The molecule has 0 heterocycles. The van der Waals surface area contributed by atoms with Crippen molar-refractivity contribution in [1.82, 2.24) is 5.32 Å². The minimum Gasteiger partial charge on any atom is -0.508 e. The smallest absolute Gasteiger partial charge is 0.304 e. The molecule has 0 fully saturated rings. The normalized spacial score (nSPS) is 10.5. The monoisotopic (exact) mass is 289 g/mol. The molecule has 0 radical (unpaired) electrons. The van der Waals surface area contributed by atoms with Gasteiger partial charge in [-0.05, 0) is 34.9 Å². The molecule has 0 aromatic heterocycles. The summed E-state index contributed by atoms with van der Waals surface area (Å²) in [4.78, 5) is 10.4. The van der Waals surface area contributed by atoms with E-state index >= 15 is 0 Å². The molecule has 0 atom stereocenters. The van der Waals surface area contributed by atoms with Crippen LogP contribution in [0, 0.1) is 5.82 Å². The minimum absolute atomic E-state index is 0.0669. The van der Waals surface area contributed by atoms with Crippen LogP contribution in [0.1, 0.15) is 12.0 Å². The lowest BCUT2D eigenvalue weighted by Crippen LogP contribution is -2.17. The van der Waals surface area contributed by atoms with Gasteiger partial charge in [-0.15, -0.1) is 0 Å². The zero-order chi connectivity index (χ0) is 15.2. The number of nitrogens with one attached hydrogen (secondary N) is 1. The molecule has 2 aromatic rings. The Morgan fingerprint density at radius 3 is 2.67 bits per heavy atom. The van der Waals surface area contributed by atoms with E-state index in [4.69, 9.17) is 5.11 Å². The van der Waals surface area contributed by atoms with Crippen LogP contribution in [0.15, 0.2) is 42.5 Å². The Balaban J connectivity index is 2.08. The first kappa shape index (κ1) is 15.0. The first-order chi connectivity index (χ1) is 10.0. The molecule has 110 valence electrons. The maximum absolute atomic E-state index is 13.3. The van der Waals surface area contributed by atoms with Crippen molar-refractivity contribution in [1.29, 1.82) is 0 Å². The number of carbonyl (C=O) groups is 1. The predicted octanol–water partition coefficient (Wildman–Crippen LogP) is 2.76. The standard InChI is InChI=1S/C16H16FNO3/c17-14-7-13(8-15(19)9-14)12-3-1-2-11(6-12)10-18-5-4-16(20)21/h1-3,6-9,18-19H,4-5,10H2,(H,20,21). The number of carboxylic acid groups (broad SMARTS) is 1. The molecule has 2 rings (SSSR count). The van der Waals surface area contributed by atoms with Crippen LogP contribution in [-0.2, 0) is 11.3 Å². The summed E-state index contributed by atoms with van der Waals surface area (Å²) in [5, 5.41) is 21.0. The van der Waals surface area contributed by atoms with Crippen molar-refractivity contribution in [2.24, 2.45) is 0 Å². The van der Waals surface area contributed by atoms with Gasteiger partial charge >= 0.3 is 5.97 Å². The van der Waals surface area contributed by atoms with Crippen molar-refractivity contribution in [2.45, 2.75) is 13.0 Å². The van der Waals surface area contributed by atoms with E-state index in [9.17, 15) is 14.3 Å².